The Morgan fingerprint density at radius 1 is 1.19 bits per heavy atom. The molecule has 1 atom stereocenters. The van der Waals surface area contributed by atoms with Gasteiger partial charge in [0.2, 0.25) is 0 Å². The van der Waals surface area contributed by atoms with Crippen LogP contribution in [0.1, 0.15) is 47.9 Å². The molecule has 1 aliphatic rings. The lowest BCUT2D eigenvalue weighted by molar-refractivity contribution is 0.0842. The summed E-state index contributed by atoms with van der Waals surface area (Å²) >= 11 is 0. The van der Waals surface area contributed by atoms with Gasteiger partial charge in [0.15, 0.2) is 5.78 Å². The first-order chi connectivity index (χ1) is 12.8. The first kappa shape index (κ1) is 18.6. The van der Waals surface area contributed by atoms with E-state index in [0.29, 0.717) is 11.3 Å². The summed E-state index contributed by atoms with van der Waals surface area (Å²) in [6, 6.07) is 8.26. The molecule has 0 saturated heterocycles. The summed E-state index contributed by atoms with van der Waals surface area (Å²) in [5.41, 5.74) is 1.77. The van der Waals surface area contributed by atoms with Crippen molar-refractivity contribution >= 4 is 5.78 Å². The number of hydrogen-bond donors (Lipinski definition) is 3. The Kier molecular flexibility index (Phi) is 4.99. The Morgan fingerprint density at radius 3 is 2.44 bits per heavy atom. The van der Waals surface area contributed by atoms with Crippen LogP contribution in [0.15, 0.2) is 41.7 Å². The van der Waals surface area contributed by atoms with Crippen molar-refractivity contribution in [3.63, 3.8) is 0 Å². The highest BCUT2D eigenvalue weighted by atomic mass is 16.5. The second kappa shape index (κ2) is 7.23. The number of phenols is 2. The highest BCUT2D eigenvalue weighted by Gasteiger charge is 2.33. The number of aliphatic hydroxyl groups is 1. The van der Waals surface area contributed by atoms with Crippen molar-refractivity contribution in [1.29, 1.82) is 0 Å². The number of allylic oxidation sites excluding steroid dienone is 2. The first-order valence-corrected chi connectivity index (χ1v) is 8.58. The molecule has 0 bridgehead atoms. The second-order valence-corrected chi connectivity index (χ2v) is 6.73. The number of carbonyl (C=O) groups excluding carboxylic acids is 1. The van der Waals surface area contributed by atoms with Crippen LogP contribution in [0.4, 0.5) is 0 Å². The number of fused-ring (bicyclic) bond motifs is 1. The maximum Gasteiger partial charge on any atom is 0.174 e. The van der Waals surface area contributed by atoms with Crippen molar-refractivity contribution in [3.05, 3.63) is 58.4 Å². The number of rotatable bonds is 4. The molecule has 0 aromatic heterocycles. The Hall–Kier alpha value is -3.15. The molecule has 3 N–H and O–H groups in total. The standard InChI is InChI=1S/C21H22O6/c1-11(2)15(22)8-14-16(23)9-17(24)20-18(25)10-19(27-21(14)20)12-4-6-13(26-3)7-5-12/h4-7,9,19,22-24H,8,10H2,1-3H3/t19-/m0/s1. The molecular formula is C21H22O6. The molecule has 2 aromatic carbocycles. The third-order valence-electron chi connectivity index (χ3n) is 4.66. The minimum Gasteiger partial charge on any atom is -0.512 e. The predicted molar refractivity (Wildman–Crippen MR) is 99.8 cm³/mol. The number of phenolic OH excluding ortho intramolecular Hbond substituents is 2. The number of ether oxygens (including phenoxy) is 2. The van der Waals surface area contributed by atoms with Crippen LogP contribution in [0.3, 0.4) is 0 Å². The van der Waals surface area contributed by atoms with Gasteiger partial charge in [-0.05, 0) is 37.1 Å². The van der Waals surface area contributed by atoms with Crippen LogP contribution in [0.5, 0.6) is 23.0 Å². The van der Waals surface area contributed by atoms with Crippen LogP contribution in [-0.4, -0.2) is 28.2 Å². The van der Waals surface area contributed by atoms with Gasteiger partial charge in [-0.15, -0.1) is 0 Å². The number of carbonyl (C=O) groups is 1. The van der Waals surface area contributed by atoms with Crippen molar-refractivity contribution in [2.75, 3.05) is 7.11 Å². The maximum atomic E-state index is 12.7. The van der Waals surface area contributed by atoms with Crippen molar-refractivity contribution in [2.45, 2.75) is 32.8 Å². The van der Waals surface area contributed by atoms with E-state index in [9.17, 15) is 20.1 Å². The van der Waals surface area contributed by atoms with E-state index in [1.54, 1.807) is 45.2 Å². The van der Waals surface area contributed by atoms with Crippen LogP contribution in [-0.2, 0) is 6.42 Å². The number of Topliss-reactive ketones (excluding diaryl/α,β-unsaturated/α-hetero) is 1. The van der Waals surface area contributed by atoms with Gasteiger partial charge < -0.3 is 24.8 Å². The van der Waals surface area contributed by atoms with E-state index < -0.39 is 6.10 Å². The summed E-state index contributed by atoms with van der Waals surface area (Å²) in [7, 11) is 1.57. The number of benzene rings is 2. The minimum atomic E-state index is -0.565. The number of hydrogen-bond acceptors (Lipinski definition) is 6. The van der Waals surface area contributed by atoms with Gasteiger partial charge in [0.05, 0.1) is 19.3 Å². The topological polar surface area (TPSA) is 96.2 Å². The smallest absolute Gasteiger partial charge is 0.174 e. The minimum absolute atomic E-state index is 0.000603. The molecule has 6 nitrogen and oxygen atoms in total. The molecule has 1 aliphatic heterocycles. The van der Waals surface area contributed by atoms with E-state index in [1.165, 1.54) is 0 Å². The van der Waals surface area contributed by atoms with Gasteiger partial charge in [0.25, 0.3) is 0 Å². The molecule has 0 spiro atoms. The van der Waals surface area contributed by atoms with E-state index in [4.69, 9.17) is 9.47 Å². The quantitative estimate of drug-likeness (QED) is 0.698. The molecule has 0 amide bonds. The fourth-order valence-corrected chi connectivity index (χ4v) is 3.05. The van der Waals surface area contributed by atoms with Crippen LogP contribution in [0.2, 0.25) is 0 Å². The zero-order chi connectivity index (χ0) is 19.7. The van der Waals surface area contributed by atoms with Crippen molar-refractivity contribution < 1.29 is 29.6 Å². The molecule has 0 fully saturated rings. The van der Waals surface area contributed by atoms with Crippen LogP contribution < -0.4 is 9.47 Å². The summed E-state index contributed by atoms with van der Waals surface area (Å²) in [4.78, 5) is 12.7. The van der Waals surface area contributed by atoms with Gasteiger partial charge in [0, 0.05) is 18.1 Å². The fourth-order valence-electron chi connectivity index (χ4n) is 3.05. The molecule has 0 saturated carbocycles. The lowest BCUT2D eigenvalue weighted by atomic mass is 9.92. The second-order valence-electron chi connectivity index (χ2n) is 6.73. The molecule has 0 aliphatic carbocycles. The normalized spacial score (nSPS) is 15.7. The Labute approximate surface area is 157 Å². The van der Waals surface area contributed by atoms with Crippen LogP contribution >= 0.6 is 0 Å². The molecule has 0 unspecified atom stereocenters. The average Bonchev–Trinajstić information content (AvgIpc) is 2.64. The highest BCUT2D eigenvalue weighted by Crippen LogP contribution is 2.46. The molecule has 1 heterocycles. The Morgan fingerprint density at radius 2 is 1.85 bits per heavy atom. The monoisotopic (exact) mass is 370 g/mol. The van der Waals surface area contributed by atoms with Gasteiger partial charge in [-0.1, -0.05) is 12.1 Å². The summed E-state index contributed by atoms with van der Waals surface area (Å²) < 4.78 is 11.2. The third kappa shape index (κ3) is 3.56. The third-order valence-corrected chi connectivity index (χ3v) is 4.66. The van der Waals surface area contributed by atoms with E-state index in [-0.39, 0.29) is 52.8 Å². The SMILES string of the molecule is COc1ccc([C@@H]2CC(=O)c3c(O)cc(O)c(CC(O)=C(C)C)c3O2)cc1. The summed E-state index contributed by atoms with van der Waals surface area (Å²) in [5.74, 6) is 0.0137. The fraction of sp³-hybridized carbons (Fsp3) is 0.286. The summed E-state index contributed by atoms with van der Waals surface area (Å²) in [5, 5.41) is 30.6. The van der Waals surface area contributed by atoms with Gasteiger partial charge >= 0.3 is 0 Å². The van der Waals surface area contributed by atoms with Gasteiger partial charge in [-0.25, -0.2) is 0 Å². The largest absolute Gasteiger partial charge is 0.512 e. The molecule has 0 radical (unpaired) electrons. The maximum absolute atomic E-state index is 12.7. The molecule has 2 aromatic rings. The number of aromatic hydroxyl groups is 2. The van der Waals surface area contributed by atoms with Crippen molar-refractivity contribution in [1.82, 2.24) is 0 Å². The Bertz CT molecular complexity index is 907. The molecular weight excluding hydrogens is 348 g/mol. The average molecular weight is 370 g/mol. The molecule has 6 heteroatoms. The molecule has 3 rings (SSSR count). The van der Waals surface area contributed by atoms with Gasteiger partial charge in [-0.3, -0.25) is 4.79 Å². The number of methoxy groups -OCH3 is 1. The Balaban J connectivity index is 2.06. The lowest BCUT2D eigenvalue weighted by Gasteiger charge is -2.28. The lowest BCUT2D eigenvalue weighted by Crippen LogP contribution is -2.22. The number of ketones is 1. The summed E-state index contributed by atoms with van der Waals surface area (Å²) in [6.07, 6.45) is -0.504. The van der Waals surface area contributed by atoms with E-state index in [1.807, 2.05) is 0 Å². The van der Waals surface area contributed by atoms with Crippen molar-refractivity contribution in [2.24, 2.45) is 0 Å². The van der Waals surface area contributed by atoms with Crippen LogP contribution in [0.25, 0.3) is 0 Å². The molecule has 142 valence electrons. The van der Waals surface area contributed by atoms with E-state index >= 15 is 0 Å². The van der Waals surface area contributed by atoms with E-state index in [2.05, 4.69) is 0 Å². The predicted octanol–water partition coefficient (Wildman–Crippen LogP) is 4.21. The zero-order valence-electron chi connectivity index (χ0n) is 15.4. The molecule has 27 heavy (non-hydrogen) atoms. The highest BCUT2D eigenvalue weighted by molar-refractivity contribution is 6.03. The first-order valence-electron chi connectivity index (χ1n) is 8.58. The zero-order valence-corrected chi connectivity index (χ0v) is 15.4. The van der Waals surface area contributed by atoms with Crippen LogP contribution in [0, 0.1) is 0 Å². The van der Waals surface area contributed by atoms with E-state index in [0.717, 1.165) is 11.6 Å². The van der Waals surface area contributed by atoms with Gasteiger partial charge in [0.1, 0.15) is 34.7 Å². The number of aliphatic hydroxyl groups excluding tert-OH is 1. The van der Waals surface area contributed by atoms with Crippen molar-refractivity contribution in [3.8, 4) is 23.0 Å². The summed E-state index contributed by atoms with van der Waals surface area (Å²) in [6.45, 7) is 3.48. The van der Waals surface area contributed by atoms with Gasteiger partial charge in [-0.2, -0.15) is 0 Å².